The van der Waals surface area contributed by atoms with Crippen LogP contribution >= 0.6 is 0 Å². The molecule has 3 rings (SSSR count). The van der Waals surface area contributed by atoms with Crippen molar-refractivity contribution in [1.82, 2.24) is 10.2 Å². The van der Waals surface area contributed by atoms with E-state index in [-0.39, 0.29) is 29.8 Å². The van der Waals surface area contributed by atoms with Gasteiger partial charge in [0, 0.05) is 6.07 Å². The normalized spacial score (nSPS) is 10.6. The van der Waals surface area contributed by atoms with E-state index in [0.717, 1.165) is 0 Å². The van der Waals surface area contributed by atoms with Gasteiger partial charge in [0.15, 0.2) is 19.0 Å². The van der Waals surface area contributed by atoms with Crippen molar-refractivity contribution in [3.05, 3.63) is 57.9 Å². The zero-order valence-corrected chi connectivity index (χ0v) is 14.5. The molecule has 3 aromatic rings. The molecule has 0 amide bonds. The summed E-state index contributed by atoms with van der Waals surface area (Å²) in [6.45, 7) is 2.83. The summed E-state index contributed by atoms with van der Waals surface area (Å²) >= 11 is 0. The number of nitro groups is 1. The second-order valence-electron chi connectivity index (χ2n) is 5.50. The summed E-state index contributed by atoms with van der Waals surface area (Å²) in [5, 5.41) is 18.6. The number of carbonyl (C=O) groups is 1. The minimum atomic E-state index is -0.733. The molecule has 0 spiro atoms. The molecular weight excluding hydrogens is 358 g/mol. The Morgan fingerprint density at radius 1 is 1.22 bits per heavy atom. The predicted octanol–water partition coefficient (Wildman–Crippen LogP) is 2.98. The second-order valence-corrected chi connectivity index (χ2v) is 5.50. The van der Waals surface area contributed by atoms with Crippen LogP contribution in [0.3, 0.4) is 0 Å². The fourth-order valence-corrected chi connectivity index (χ4v) is 2.31. The Morgan fingerprint density at radius 2 is 2.00 bits per heavy atom. The van der Waals surface area contributed by atoms with E-state index in [0.29, 0.717) is 17.1 Å². The Hall–Kier alpha value is -3.69. The SMILES string of the molecule is Cc1cc(-c2nnc(COC(=O)COc3ccccc3[N+](=O)[O-])o2)c(C)o1. The van der Waals surface area contributed by atoms with Gasteiger partial charge in [0.2, 0.25) is 0 Å². The number of furan rings is 1. The van der Waals surface area contributed by atoms with Crippen LogP contribution in [0.5, 0.6) is 5.75 Å². The smallest absolute Gasteiger partial charge is 0.344 e. The molecule has 140 valence electrons. The standard InChI is InChI=1S/C17H15N3O7/c1-10-7-12(11(2)26-10)17-19-18-15(27-17)8-25-16(21)9-24-14-6-4-3-5-13(14)20(22)23/h3-7H,8-9H2,1-2H3. The molecule has 0 N–H and O–H groups in total. The Morgan fingerprint density at radius 3 is 2.70 bits per heavy atom. The molecule has 0 bridgehead atoms. The van der Waals surface area contributed by atoms with Gasteiger partial charge in [0.25, 0.3) is 11.8 Å². The van der Waals surface area contributed by atoms with Crippen LogP contribution in [-0.4, -0.2) is 27.7 Å². The van der Waals surface area contributed by atoms with Crippen molar-refractivity contribution >= 4 is 11.7 Å². The van der Waals surface area contributed by atoms with Crippen molar-refractivity contribution in [2.45, 2.75) is 20.5 Å². The second kappa shape index (κ2) is 7.68. The summed E-state index contributed by atoms with van der Waals surface area (Å²) in [4.78, 5) is 22.1. The van der Waals surface area contributed by atoms with E-state index in [1.807, 2.05) is 0 Å². The highest BCUT2D eigenvalue weighted by Gasteiger charge is 2.17. The Balaban J connectivity index is 1.54. The quantitative estimate of drug-likeness (QED) is 0.348. The Labute approximate surface area is 152 Å². The molecule has 10 heteroatoms. The summed E-state index contributed by atoms with van der Waals surface area (Å²) in [7, 11) is 0. The average molecular weight is 373 g/mol. The summed E-state index contributed by atoms with van der Waals surface area (Å²) in [5.41, 5.74) is 0.426. The third-order valence-corrected chi connectivity index (χ3v) is 3.50. The van der Waals surface area contributed by atoms with Gasteiger partial charge in [-0.05, 0) is 26.0 Å². The highest BCUT2D eigenvalue weighted by Crippen LogP contribution is 2.26. The number of aromatic nitrogens is 2. The maximum absolute atomic E-state index is 11.8. The number of hydrogen-bond acceptors (Lipinski definition) is 9. The van der Waals surface area contributed by atoms with Crippen LogP contribution in [0.4, 0.5) is 5.69 Å². The predicted molar refractivity (Wildman–Crippen MR) is 89.9 cm³/mol. The van der Waals surface area contributed by atoms with Gasteiger partial charge >= 0.3 is 11.7 Å². The number of carbonyl (C=O) groups excluding carboxylic acids is 1. The lowest BCUT2D eigenvalue weighted by Crippen LogP contribution is -2.15. The lowest BCUT2D eigenvalue weighted by Gasteiger charge is -2.06. The first kappa shape index (κ1) is 18.1. The van der Waals surface area contributed by atoms with E-state index in [9.17, 15) is 14.9 Å². The van der Waals surface area contributed by atoms with Crippen molar-refractivity contribution in [3.8, 4) is 17.2 Å². The van der Waals surface area contributed by atoms with E-state index in [2.05, 4.69) is 10.2 Å². The van der Waals surface area contributed by atoms with Crippen molar-refractivity contribution in [3.63, 3.8) is 0 Å². The molecule has 0 aliphatic rings. The summed E-state index contributed by atoms with van der Waals surface area (Å²) in [5.74, 6) is 0.945. The molecule has 10 nitrogen and oxygen atoms in total. The van der Waals surface area contributed by atoms with Gasteiger partial charge in [-0.25, -0.2) is 4.79 Å². The molecule has 0 atom stereocenters. The third kappa shape index (κ3) is 4.29. The fourth-order valence-electron chi connectivity index (χ4n) is 2.31. The molecule has 2 aromatic heterocycles. The summed E-state index contributed by atoms with van der Waals surface area (Å²) in [6.07, 6.45) is 0. The number of nitro benzene ring substituents is 1. The molecule has 0 fully saturated rings. The number of aryl methyl sites for hydroxylation is 2. The lowest BCUT2D eigenvalue weighted by atomic mass is 10.2. The topological polar surface area (TPSA) is 131 Å². The first-order chi connectivity index (χ1) is 12.9. The largest absolute Gasteiger partial charge is 0.475 e. The van der Waals surface area contributed by atoms with Crippen LogP contribution < -0.4 is 4.74 Å². The third-order valence-electron chi connectivity index (χ3n) is 3.50. The Bertz CT molecular complexity index is 977. The van der Waals surface area contributed by atoms with Crippen molar-refractivity contribution in [1.29, 1.82) is 0 Å². The van der Waals surface area contributed by atoms with Crippen molar-refractivity contribution < 1.29 is 28.0 Å². The molecule has 2 heterocycles. The van der Waals surface area contributed by atoms with Gasteiger partial charge < -0.3 is 18.3 Å². The lowest BCUT2D eigenvalue weighted by molar-refractivity contribution is -0.385. The fraction of sp³-hybridized carbons (Fsp3) is 0.235. The highest BCUT2D eigenvalue weighted by atomic mass is 16.6. The maximum atomic E-state index is 11.8. The molecule has 0 aliphatic heterocycles. The van der Waals surface area contributed by atoms with Gasteiger partial charge in [-0.15, -0.1) is 10.2 Å². The molecule has 0 unspecified atom stereocenters. The average Bonchev–Trinajstić information content (AvgIpc) is 3.24. The van der Waals surface area contributed by atoms with Crippen LogP contribution in [0, 0.1) is 24.0 Å². The number of hydrogen-bond donors (Lipinski definition) is 0. The molecule has 0 aliphatic carbocycles. The van der Waals surface area contributed by atoms with Crippen molar-refractivity contribution in [2.75, 3.05) is 6.61 Å². The first-order valence-corrected chi connectivity index (χ1v) is 7.85. The minimum Gasteiger partial charge on any atom is -0.475 e. The van der Waals surface area contributed by atoms with Gasteiger partial charge in [-0.2, -0.15) is 0 Å². The van der Waals surface area contributed by atoms with Gasteiger partial charge in [0.05, 0.1) is 10.5 Å². The van der Waals surface area contributed by atoms with Crippen LogP contribution in [0.15, 0.2) is 39.2 Å². The van der Waals surface area contributed by atoms with E-state index in [1.54, 1.807) is 26.0 Å². The minimum absolute atomic E-state index is 0.0228. The van der Waals surface area contributed by atoms with Crippen LogP contribution in [-0.2, 0) is 16.1 Å². The zero-order chi connectivity index (χ0) is 19.4. The summed E-state index contributed by atoms with van der Waals surface area (Å²) < 4.78 is 21.0. The zero-order valence-electron chi connectivity index (χ0n) is 14.5. The molecule has 0 radical (unpaired) electrons. The molecule has 0 saturated heterocycles. The van der Waals surface area contributed by atoms with E-state index >= 15 is 0 Å². The molecule has 0 saturated carbocycles. The first-order valence-electron chi connectivity index (χ1n) is 7.85. The van der Waals surface area contributed by atoms with Crippen molar-refractivity contribution in [2.24, 2.45) is 0 Å². The van der Waals surface area contributed by atoms with Gasteiger partial charge in [-0.3, -0.25) is 10.1 Å². The molecule has 1 aromatic carbocycles. The van der Waals surface area contributed by atoms with Gasteiger partial charge in [-0.1, -0.05) is 12.1 Å². The highest BCUT2D eigenvalue weighted by molar-refractivity contribution is 5.71. The van der Waals surface area contributed by atoms with E-state index < -0.39 is 17.5 Å². The summed E-state index contributed by atoms with van der Waals surface area (Å²) in [6, 6.07) is 7.50. The molecule has 27 heavy (non-hydrogen) atoms. The molecular formula is C17H15N3O7. The van der Waals surface area contributed by atoms with Gasteiger partial charge in [0.1, 0.15) is 11.5 Å². The number of ether oxygens (including phenoxy) is 2. The number of nitrogens with zero attached hydrogens (tertiary/aromatic N) is 3. The van der Waals surface area contributed by atoms with Crippen LogP contribution in [0.1, 0.15) is 17.4 Å². The number of rotatable bonds is 7. The van der Waals surface area contributed by atoms with Crippen LogP contribution in [0.25, 0.3) is 11.5 Å². The Kier molecular flexibility index (Phi) is 5.15. The number of para-hydroxylation sites is 2. The van der Waals surface area contributed by atoms with E-state index in [1.165, 1.54) is 18.2 Å². The number of benzene rings is 1. The maximum Gasteiger partial charge on any atom is 0.344 e. The van der Waals surface area contributed by atoms with E-state index in [4.69, 9.17) is 18.3 Å². The van der Waals surface area contributed by atoms with Crippen LogP contribution in [0.2, 0.25) is 0 Å². The number of esters is 1. The monoisotopic (exact) mass is 373 g/mol.